The van der Waals surface area contributed by atoms with Crippen molar-refractivity contribution in [2.45, 2.75) is 18.9 Å². The van der Waals surface area contributed by atoms with Crippen LogP contribution in [0.3, 0.4) is 0 Å². The second kappa shape index (κ2) is 8.08. The molecule has 5 rings (SSSR count). The van der Waals surface area contributed by atoms with Gasteiger partial charge in [0, 0.05) is 30.6 Å². The molecule has 9 heteroatoms. The minimum absolute atomic E-state index is 0.237. The maximum absolute atomic E-state index is 12.2. The van der Waals surface area contributed by atoms with E-state index in [1.54, 1.807) is 31.4 Å². The summed E-state index contributed by atoms with van der Waals surface area (Å²) in [7, 11) is 3.73. The lowest BCUT2D eigenvalue weighted by Crippen LogP contribution is -2.31. The number of hydrogen-bond donors (Lipinski definition) is 2. The summed E-state index contributed by atoms with van der Waals surface area (Å²) in [6, 6.07) is 7.58. The van der Waals surface area contributed by atoms with Gasteiger partial charge in [-0.2, -0.15) is 5.10 Å². The Morgan fingerprint density at radius 1 is 1.22 bits per heavy atom. The molecule has 1 aliphatic rings. The second-order valence-corrected chi connectivity index (χ2v) is 8.15. The van der Waals surface area contributed by atoms with Crippen LogP contribution in [0.15, 0.2) is 47.3 Å². The number of anilines is 1. The third kappa shape index (κ3) is 3.60. The molecule has 0 radical (unpaired) electrons. The number of fused-ring (bicyclic) bond motifs is 1. The highest BCUT2D eigenvalue weighted by Gasteiger charge is 2.21. The first-order valence-electron chi connectivity index (χ1n) is 10.6. The third-order valence-corrected chi connectivity index (χ3v) is 6.03. The molecule has 9 nitrogen and oxygen atoms in total. The fraction of sp³-hybridized carbons (Fsp3) is 0.304. The lowest BCUT2D eigenvalue weighted by Gasteiger charge is -2.28. The Hall–Kier alpha value is -3.72. The Kier molecular flexibility index (Phi) is 5.10. The number of hydrogen-bond acceptors (Lipinski definition) is 7. The molecule has 1 fully saturated rings. The summed E-state index contributed by atoms with van der Waals surface area (Å²) in [6.45, 7) is 2.15. The van der Waals surface area contributed by atoms with Gasteiger partial charge in [-0.1, -0.05) is 6.07 Å². The highest BCUT2D eigenvalue weighted by Crippen LogP contribution is 2.33. The molecule has 0 bridgehead atoms. The molecule has 3 aromatic heterocycles. The first-order chi connectivity index (χ1) is 15.5. The number of para-hydroxylation sites is 1. The molecule has 1 amide bonds. The van der Waals surface area contributed by atoms with Crippen molar-refractivity contribution in [1.82, 2.24) is 30.0 Å². The number of likely N-dealkylation sites (tertiary alicyclic amines) is 1. The fourth-order valence-electron chi connectivity index (χ4n) is 4.13. The number of piperidine rings is 1. The van der Waals surface area contributed by atoms with Crippen LogP contribution in [0.25, 0.3) is 33.7 Å². The Labute approximate surface area is 185 Å². The summed E-state index contributed by atoms with van der Waals surface area (Å²) in [5.41, 5.74) is 10.0. The summed E-state index contributed by atoms with van der Waals surface area (Å²) in [5.74, 6) is 0.398. The number of carbonyl (C=O) groups is 1. The largest absolute Gasteiger partial charge is 0.435 e. The van der Waals surface area contributed by atoms with Crippen molar-refractivity contribution in [3.8, 4) is 22.6 Å². The summed E-state index contributed by atoms with van der Waals surface area (Å²) in [5, 5.41) is 7.22. The normalized spacial score (nSPS) is 15.3. The number of oxazole rings is 1. The summed E-state index contributed by atoms with van der Waals surface area (Å²) in [6.07, 6.45) is 7.81. The summed E-state index contributed by atoms with van der Waals surface area (Å²) in [4.78, 5) is 23.4. The minimum Gasteiger partial charge on any atom is -0.435 e. The molecule has 0 unspecified atom stereocenters. The van der Waals surface area contributed by atoms with E-state index in [2.05, 4.69) is 38.5 Å². The average Bonchev–Trinajstić information content (AvgIpc) is 3.47. The zero-order chi connectivity index (χ0) is 22.2. The Bertz CT molecular complexity index is 1280. The summed E-state index contributed by atoms with van der Waals surface area (Å²) < 4.78 is 8.02. The van der Waals surface area contributed by atoms with Gasteiger partial charge >= 0.3 is 0 Å². The number of nitrogens with two attached hydrogens (primary N) is 1. The van der Waals surface area contributed by atoms with Crippen LogP contribution in [0.1, 0.15) is 29.2 Å². The molecule has 1 aromatic carbocycles. The van der Waals surface area contributed by atoms with Crippen LogP contribution in [0.5, 0.6) is 0 Å². The fourth-order valence-corrected chi connectivity index (χ4v) is 4.13. The van der Waals surface area contributed by atoms with Gasteiger partial charge in [0.05, 0.1) is 23.4 Å². The molecule has 4 aromatic rings. The van der Waals surface area contributed by atoms with Crippen molar-refractivity contribution in [3.05, 3.63) is 48.4 Å². The molecule has 3 N–H and O–H groups in total. The topological polar surface area (TPSA) is 115 Å². The predicted octanol–water partition coefficient (Wildman–Crippen LogP) is 2.96. The predicted molar refractivity (Wildman–Crippen MR) is 122 cm³/mol. The molecule has 0 aliphatic carbocycles. The Morgan fingerprint density at radius 2 is 2.03 bits per heavy atom. The number of carbonyl (C=O) groups excluding carboxylic acids is 1. The lowest BCUT2D eigenvalue weighted by molar-refractivity contribution is 0.0964. The first kappa shape index (κ1) is 20.2. The average molecular weight is 432 g/mol. The van der Waals surface area contributed by atoms with E-state index in [0.717, 1.165) is 37.1 Å². The van der Waals surface area contributed by atoms with Crippen molar-refractivity contribution in [2.75, 3.05) is 32.9 Å². The molecule has 1 aliphatic heterocycles. The number of aromatic nitrogens is 4. The molecule has 32 heavy (non-hydrogen) atoms. The molecule has 164 valence electrons. The van der Waals surface area contributed by atoms with Crippen molar-refractivity contribution in [3.63, 3.8) is 0 Å². The Balaban J connectivity index is 1.49. The third-order valence-electron chi connectivity index (χ3n) is 6.03. The van der Waals surface area contributed by atoms with E-state index in [1.165, 1.54) is 0 Å². The zero-order valence-corrected chi connectivity index (χ0v) is 18.1. The van der Waals surface area contributed by atoms with Crippen molar-refractivity contribution in [2.24, 2.45) is 0 Å². The van der Waals surface area contributed by atoms with E-state index in [4.69, 9.17) is 10.2 Å². The van der Waals surface area contributed by atoms with Crippen LogP contribution in [-0.4, -0.2) is 57.7 Å². The van der Waals surface area contributed by atoms with E-state index < -0.39 is 0 Å². The zero-order valence-electron chi connectivity index (χ0n) is 18.1. The van der Waals surface area contributed by atoms with Gasteiger partial charge in [-0.3, -0.25) is 9.48 Å². The van der Waals surface area contributed by atoms with E-state index in [0.29, 0.717) is 40.0 Å². The van der Waals surface area contributed by atoms with Gasteiger partial charge in [0.15, 0.2) is 5.58 Å². The molecule has 0 saturated carbocycles. The van der Waals surface area contributed by atoms with Gasteiger partial charge < -0.3 is 20.4 Å². The number of pyridine rings is 1. The maximum atomic E-state index is 12.2. The van der Waals surface area contributed by atoms with Gasteiger partial charge in [-0.15, -0.1) is 0 Å². The van der Waals surface area contributed by atoms with Crippen LogP contribution >= 0.6 is 0 Å². The highest BCUT2D eigenvalue weighted by molar-refractivity contribution is 6.04. The minimum atomic E-state index is -0.237. The van der Waals surface area contributed by atoms with Crippen molar-refractivity contribution < 1.29 is 9.21 Å². The van der Waals surface area contributed by atoms with Gasteiger partial charge in [0.1, 0.15) is 11.3 Å². The van der Waals surface area contributed by atoms with Crippen molar-refractivity contribution >= 4 is 22.8 Å². The van der Waals surface area contributed by atoms with Crippen LogP contribution in [0.2, 0.25) is 0 Å². The number of nitrogen functional groups attached to an aromatic ring is 1. The quantitative estimate of drug-likeness (QED) is 0.510. The van der Waals surface area contributed by atoms with Crippen LogP contribution in [0.4, 0.5) is 5.82 Å². The van der Waals surface area contributed by atoms with E-state index in [-0.39, 0.29) is 5.91 Å². The van der Waals surface area contributed by atoms with Gasteiger partial charge in [-0.25, -0.2) is 9.97 Å². The smallest absolute Gasteiger partial charge is 0.254 e. The highest BCUT2D eigenvalue weighted by atomic mass is 16.3. The summed E-state index contributed by atoms with van der Waals surface area (Å²) >= 11 is 0. The van der Waals surface area contributed by atoms with Crippen LogP contribution in [-0.2, 0) is 0 Å². The molecule has 4 heterocycles. The first-order valence-corrected chi connectivity index (χ1v) is 10.6. The van der Waals surface area contributed by atoms with Crippen LogP contribution in [0, 0.1) is 0 Å². The van der Waals surface area contributed by atoms with Gasteiger partial charge in [0.25, 0.3) is 5.91 Å². The number of amides is 1. The standard InChI is InChI=1S/C23H25N7O2/c1-25-22(31)17-4-3-5-19-20(17)32-23(28-19)18-10-14(11-26-21(18)24)15-12-27-30(13-15)16-6-8-29(2)9-7-16/h3-5,10-13,16H,6-9H2,1-2H3,(H2,24,26)(H,25,31). The van der Waals surface area contributed by atoms with Crippen LogP contribution < -0.4 is 11.1 Å². The lowest BCUT2D eigenvalue weighted by atomic mass is 10.1. The van der Waals surface area contributed by atoms with E-state index in [1.807, 2.05) is 16.9 Å². The SMILES string of the molecule is CNC(=O)c1cccc2nc(-c3cc(-c4cnn(C5CCN(C)CC5)c4)cnc3N)oc12. The number of nitrogens with one attached hydrogen (secondary N) is 1. The molecule has 0 spiro atoms. The Morgan fingerprint density at radius 3 is 2.81 bits per heavy atom. The molecular weight excluding hydrogens is 406 g/mol. The van der Waals surface area contributed by atoms with Crippen molar-refractivity contribution in [1.29, 1.82) is 0 Å². The number of nitrogens with zero attached hydrogens (tertiary/aromatic N) is 5. The molecular formula is C23H25N7O2. The van der Waals surface area contributed by atoms with Gasteiger partial charge in [0.2, 0.25) is 5.89 Å². The second-order valence-electron chi connectivity index (χ2n) is 8.15. The number of rotatable bonds is 4. The number of benzene rings is 1. The maximum Gasteiger partial charge on any atom is 0.254 e. The monoisotopic (exact) mass is 431 g/mol. The van der Waals surface area contributed by atoms with Gasteiger partial charge in [-0.05, 0) is 51.2 Å². The molecule has 0 atom stereocenters. The van der Waals surface area contributed by atoms with E-state index in [9.17, 15) is 4.79 Å². The van der Waals surface area contributed by atoms with E-state index >= 15 is 0 Å². The molecule has 1 saturated heterocycles.